The Balaban J connectivity index is 1.71. The van der Waals surface area contributed by atoms with Crippen molar-refractivity contribution in [2.45, 2.75) is 24.2 Å². The van der Waals surface area contributed by atoms with Gasteiger partial charge in [-0.1, -0.05) is 26.0 Å². The first-order chi connectivity index (χ1) is 15.1. The average Bonchev–Trinajstić information content (AvgIpc) is 3.40. The van der Waals surface area contributed by atoms with Crippen molar-refractivity contribution in [3.8, 4) is 9.75 Å². The fourth-order valence-electron chi connectivity index (χ4n) is 3.83. The van der Waals surface area contributed by atoms with Crippen LogP contribution >= 0.6 is 22.7 Å². The van der Waals surface area contributed by atoms with Gasteiger partial charge in [0.1, 0.15) is 0 Å². The van der Waals surface area contributed by atoms with Crippen molar-refractivity contribution >= 4 is 49.6 Å². The van der Waals surface area contributed by atoms with Gasteiger partial charge in [-0.15, -0.1) is 22.7 Å². The lowest BCUT2D eigenvalue weighted by atomic mass is 9.84. The van der Waals surface area contributed by atoms with Crippen molar-refractivity contribution in [3.63, 3.8) is 0 Å². The quantitative estimate of drug-likeness (QED) is 0.369. The van der Waals surface area contributed by atoms with E-state index in [1.54, 1.807) is 22.7 Å². The molecule has 0 radical (unpaired) electrons. The second-order valence-corrected chi connectivity index (χ2v) is 11.7. The second-order valence-electron chi connectivity index (χ2n) is 8.13. The molecule has 2 heterocycles. The number of hydrogen-bond acceptors (Lipinski definition) is 6. The van der Waals surface area contributed by atoms with Crippen LogP contribution < -0.4 is 4.90 Å². The molecule has 0 fully saturated rings. The smallest absolute Gasteiger partial charge is 0.294 e. The third-order valence-corrected chi connectivity index (χ3v) is 9.05. The molecule has 6 nitrogen and oxygen atoms in total. The number of aliphatic hydroxyl groups is 1. The number of hydrogen-bond donors (Lipinski definition) is 2. The van der Waals surface area contributed by atoms with Gasteiger partial charge in [0, 0.05) is 28.8 Å². The number of likely N-dealkylation sites (N-methyl/N-ethyl adjacent to an activating group) is 1. The maximum absolute atomic E-state index is 11.3. The molecule has 4 rings (SSSR count). The lowest BCUT2D eigenvalue weighted by Gasteiger charge is -2.20. The fourth-order valence-corrected chi connectivity index (χ4v) is 7.03. The lowest BCUT2D eigenvalue weighted by Crippen LogP contribution is -2.20. The van der Waals surface area contributed by atoms with Gasteiger partial charge in [0.05, 0.1) is 28.0 Å². The highest BCUT2D eigenvalue weighted by molar-refractivity contribution is 7.85. The van der Waals surface area contributed by atoms with Gasteiger partial charge in [0.15, 0.2) is 5.70 Å². The van der Waals surface area contributed by atoms with Crippen LogP contribution in [0, 0.1) is 6.57 Å². The van der Waals surface area contributed by atoms with Crippen LogP contribution in [0.5, 0.6) is 0 Å². The summed E-state index contributed by atoms with van der Waals surface area (Å²) < 4.78 is 31.7. The van der Waals surface area contributed by atoms with Crippen LogP contribution in [-0.2, 0) is 15.5 Å². The second kappa shape index (κ2) is 8.14. The predicted octanol–water partition coefficient (Wildman–Crippen LogP) is 5.21. The molecule has 0 unspecified atom stereocenters. The highest BCUT2D eigenvalue weighted by atomic mass is 32.2. The van der Waals surface area contributed by atoms with Crippen LogP contribution in [0.15, 0.2) is 41.3 Å². The van der Waals surface area contributed by atoms with Gasteiger partial charge < -0.3 is 10.0 Å². The Labute approximate surface area is 195 Å². The molecule has 1 aromatic carbocycles. The summed E-state index contributed by atoms with van der Waals surface area (Å²) >= 11 is 3.35. The summed E-state index contributed by atoms with van der Waals surface area (Å²) in [4.78, 5) is 8.88. The summed E-state index contributed by atoms with van der Waals surface area (Å²) in [6.07, 6.45) is 1.82. The summed E-state index contributed by atoms with van der Waals surface area (Å²) in [7, 11) is -2.29. The number of anilines is 1. The molecule has 9 heteroatoms. The molecule has 1 aliphatic carbocycles. The van der Waals surface area contributed by atoms with Crippen molar-refractivity contribution in [1.82, 2.24) is 0 Å². The maximum Gasteiger partial charge on any atom is 0.294 e. The van der Waals surface area contributed by atoms with Crippen molar-refractivity contribution in [2.75, 3.05) is 25.1 Å². The Morgan fingerprint density at radius 1 is 1.16 bits per heavy atom. The van der Waals surface area contributed by atoms with Gasteiger partial charge in [-0.25, -0.2) is 4.85 Å². The van der Waals surface area contributed by atoms with Crippen LogP contribution in [0.2, 0.25) is 0 Å². The summed E-state index contributed by atoms with van der Waals surface area (Å²) in [6, 6.07) is 9.98. The monoisotopic (exact) mass is 486 g/mol. The first kappa shape index (κ1) is 22.7. The number of benzene rings is 1. The highest BCUT2D eigenvalue weighted by Crippen LogP contribution is 2.57. The number of thiophene rings is 2. The zero-order valence-corrected chi connectivity index (χ0v) is 20.2. The van der Waals surface area contributed by atoms with Crippen molar-refractivity contribution in [2.24, 2.45) is 0 Å². The van der Waals surface area contributed by atoms with E-state index >= 15 is 0 Å². The Hall–Kier alpha value is -2.48. The van der Waals surface area contributed by atoms with Crippen LogP contribution in [0.3, 0.4) is 0 Å². The van der Waals surface area contributed by atoms with Crippen molar-refractivity contribution in [3.05, 3.63) is 69.4 Å². The Kier molecular flexibility index (Phi) is 5.77. The molecule has 0 saturated carbocycles. The average molecular weight is 487 g/mol. The summed E-state index contributed by atoms with van der Waals surface area (Å²) in [5.74, 6) is 0. The molecule has 2 aromatic heterocycles. The zero-order valence-electron chi connectivity index (χ0n) is 17.8. The molecule has 0 bridgehead atoms. The Morgan fingerprint density at radius 3 is 2.38 bits per heavy atom. The number of rotatable bonds is 6. The van der Waals surface area contributed by atoms with E-state index in [4.69, 9.17) is 11.1 Å². The molecule has 2 N–H and O–H groups in total. The standard InChI is InChI=1S/C23H22N2O4S3/c1-23(2)17-11-15(12-19(24-3)14-5-7-16(8-6-14)32(27,28)29)30-21(17)22-18(23)13-20(31-22)25(4)9-10-26/h5-8,11-13,26H,9-10H2,1-2,4H3,(H,27,28,29)/b19-12-. The molecule has 0 spiro atoms. The minimum Gasteiger partial charge on any atom is -0.395 e. The van der Waals surface area contributed by atoms with Crippen LogP contribution in [0.1, 0.15) is 35.4 Å². The highest BCUT2D eigenvalue weighted by Gasteiger charge is 2.39. The molecule has 0 amide bonds. The molecule has 1 aliphatic rings. The summed E-state index contributed by atoms with van der Waals surface area (Å²) in [5, 5.41) is 10.4. The van der Waals surface area contributed by atoms with Gasteiger partial charge in [0.2, 0.25) is 0 Å². The maximum atomic E-state index is 11.3. The van der Waals surface area contributed by atoms with E-state index in [1.807, 2.05) is 13.1 Å². The first-order valence-electron chi connectivity index (χ1n) is 9.84. The molecular weight excluding hydrogens is 464 g/mol. The van der Waals surface area contributed by atoms with E-state index in [1.165, 1.54) is 45.1 Å². The largest absolute Gasteiger partial charge is 0.395 e. The first-order valence-corrected chi connectivity index (χ1v) is 12.9. The predicted molar refractivity (Wildman–Crippen MR) is 131 cm³/mol. The summed E-state index contributed by atoms with van der Waals surface area (Å²) in [6.45, 7) is 12.7. The minimum atomic E-state index is -4.27. The third-order valence-electron chi connectivity index (χ3n) is 5.68. The van der Waals surface area contributed by atoms with E-state index in [9.17, 15) is 13.5 Å². The van der Waals surface area contributed by atoms with E-state index in [0.717, 1.165) is 9.88 Å². The number of fused-ring (bicyclic) bond motifs is 3. The number of aliphatic hydroxyl groups excluding tert-OH is 1. The molecule has 166 valence electrons. The van der Waals surface area contributed by atoms with Gasteiger partial charge >= 0.3 is 0 Å². The molecule has 0 atom stereocenters. The Morgan fingerprint density at radius 2 is 1.78 bits per heavy atom. The van der Waals surface area contributed by atoms with Gasteiger partial charge in [-0.05, 0) is 47.0 Å². The van der Waals surface area contributed by atoms with Crippen LogP contribution in [0.25, 0.3) is 26.4 Å². The zero-order chi connectivity index (χ0) is 23.3. The molecule has 32 heavy (non-hydrogen) atoms. The van der Waals surface area contributed by atoms with Gasteiger partial charge in [0.25, 0.3) is 10.1 Å². The van der Waals surface area contributed by atoms with E-state index in [-0.39, 0.29) is 16.9 Å². The molecule has 3 aromatic rings. The fraction of sp³-hybridized carbons (Fsp3) is 0.261. The van der Waals surface area contributed by atoms with E-state index in [2.05, 4.69) is 35.7 Å². The third kappa shape index (κ3) is 3.89. The molecule has 0 saturated heterocycles. The topological polar surface area (TPSA) is 82.2 Å². The van der Waals surface area contributed by atoms with Crippen LogP contribution in [-0.4, -0.2) is 38.3 Å². The minimum absolute atomic E-state index is 0.103. The van der Waals surface area contributed by atoms with Crippen molar-refractivity contribution in [1.29, 1.82) is 0 Å². The SMILES string of the molecule is [C-]#[N+]/C(=C\c1cc2c(s1)-c1sc(N(C)CCO)cc1C2(C)C)c1ccc(S(=O)(=O)O)cc1. The number of nitrogens with zero attached hydrogens (tertiary/aromatic N) is 2. The molecule has 0 aliphatic heterocycles. The van der Waals surface area contributed by atoms with Crippen molar-refractivity contribution < 1.29 is 18.1 Å². The van der Waals surface area contributed by atoms with E-state index in [0.29, 0.717) is 17.8 Å². The van der Waals surface area contributed by atoms with Gasteiger partial charge in [-0.3, -0.25) is 4.55 Å². The molecular formula is C23H22N2O4S3. The lowest BCUT2D eigenvalue weighted by molar-refractivity contribution is 0.304. The normalized spacial score (nSPS) is 14.7. The van der Waals surface area contributed by atoms with Gasteiger partial charge in [-0.2, -0.15) is 8.42 Å². The van der Waals surface area contributed by atoms with Crippen LogP contribution in [0.4, 0.5) is 5.00 Å². The van der Waals surface area contributed by atoms with E-state index < -0.39 is 10.1 Å². The summed E-state index contributed by atoms with van der Waals surface area (Å²) in [5.41, 5.74) is 3.35. The Bertz CT molecular complexity index is 1360.